The van der Waals surface area contributed by atoms with Crippen molar-refractivity contribution >= 4 is 52.3 Å². The van der Waals surface area contributed by atoms with Crippen molar-refractivity contribution < 1.29 is 13.6 Å². The summed E-state index contributed by atoms with van der Waals surface area (Å²) in [5.41, 5.74) is 0. The lowest BCUT2D eigenvalue weighted by Gasteiger charge is -2.21. The molecule has 0 fully saturated rings. The number of allylic oxidation sites excluding steroid dienone is 5. The molecule has 8 unspecified atom stereocenters. The molecule has 0 bridgehead atoms. The topological polar surface area (TPSA) is 27.7 Å². The van der Waals surface area contributed by atoms with Crippen LogP contribution >= 0.6 is 52.3 Å². The molecule has 3 nitrogen and oxygen atoms in total. The Morgan fingerprint density at radius 2 is 1.81 bits per heavy atom. The van der Waals surface area contributed by atoms with Gasteiger partial charge in [0.05, 0.1) is 19.7 Å². The Bertz CT molecular complexity index is 683. The van der Waals surface area contributed by atoms with E-state index in [-0.39, 0.29) is 18.3 Å². The SMILES string of the molecule is CCC#CCC(/C=C/C#C/C=C/C=C/C(OPP)C(C/C=C\CCC)OP)OP(P)P. The van der Waals surface area contributed by atoms with Crippen molar-refractivity contribution in [3.63, 3.8) is 0 Å². The monoisotopic (exact) mass is 534 g/mol. The largest absolute Gasteiger partial charge is 0.359 e. The van der Waals surface area contributed by atoms with Crippen LogP contribution in [0.1, 0.15) is 46.0 Å². The van der Waals surface area contributed by atoms with Gasteiger partial charge >= 0.3 is 0 Å². The lowest BCUT2D eigenvalue weighted by Crippen LogP contribution is -2.24. The van der Waals surface area contributed by atoms with Gasteiger partial charge in [-0.05, 0) is 31.1 Å². The van der Waals surface area contributed by atoms with Crippen LogP contribution in [-0.4, -0.2) is 18.3 Å². The molecule has 0 saturated carbocycles. The van der Waals surface area contributed by atoms with Gasteiger partial charge in [0.25, 0.3) is 0 Å². The van der Waals surface area contributed by atoms with Gasteiger partial charge < -0.3 is 13.6 Å². The van der Waals surface area contributed by atoms with E-state index in [4.69, 9.17) is 13.6 Å². The van der Waals surface area contributed by atoms with E-state index in [2.05, 4.69) is 79.0 Å². The van der Waals surface area contributed by atoms with Crippen LogP contribution in [0.2, 0.25) is 0 Å². The summed E-state index contributed by atoms with van der Waals surface area (Å²) in [5.74, 6) is 12.2. The summed E-state index contributed by atoms with van der Waals surface area (Å²) in [4.78, 5) is 0. The Balaban J connectivity index is 4.77. The van der Waals surface area contributed by atoms with Gasteiger partial charge in [-0.1, -0.05) is 89.3 Å². The van der Waals surface area contributed by atoms with E-state index >= 15 is 0 Å². The number of unbranched alkanes of at least 4 members (excludes halogenated alkanes) is 1. The van der Waals surface area contributed by atoms with Gasteiger partial charge in [-0.15, -0.1) is 11.8 Å². The quantitative estimate of drug-likeness (QED) is 0.0999. The fourth-order valence-electron chi connectivity index (χ4n) is 2.22. The van der Waals surface area contributed by atoms with Crippen LogP contribution in [0.15, 0.2) is 48.6 Å². The molecule has 0 spiro atoms. The molecule has 0 aliphatic heterocycles. The summed E-state index contributed by atoms with van der Waals surface area (Å²) in [7, 11) is 10.0. The molecule has 0 aromatic heterocycles. The molecule has 0 saturated heterocycles. The van der Waals surface area contributed by atoms with E-state index in [1.54, 1.807) is 0 Å². The third-order valence-corrected chi connectivity index (χ3v) is 6.08. The minimum absolute atomic E-state index is 0.0424. The first-order chi connectivity index (χ1) is 15.1. The highest BCUT2D eigenvalue weighted by molar-refractivity contribution is 8.41. The van der Waals surface area contributed by atoms with Crippen LogP contribution in [0.3, 0.4) is 0 Å². The smallest absolute Gasteiger partial charge is 0.107 e. The highest BCUT2D eigenvalue weighted by atomic mass is 32.4. The van der Waals surface area contributed by atoms with Gasteiger partial charge in [-0.3, -0.25) is 0 Å². The molecular formula is C22H36O3P6. The summed E-state index contributed by atoms with van der Waals surface area (Å²) in [6.07, 6.45) is 20.2. The molecule has 0 heterocycles. The Morgan fingerprint density at radius 3 is 2.45 bits per heavy atom. The molecule has 172 valence electrons. The van der Waals surface area contributed by atoms with Crippen LogP contribution in [-0.2, 0) is 13.6 Å². The molecule has 9 heteroatoms. The summed E-state index contributed by atoms with van der Waals surface area (Å²) >= 11 is 0. The fourth-order valence-corrected chi connectivity index (χ4v) is 4.74. The van der Waals surface area contributed by atoms with E-state index in [1.807, 2.05) is 43.4 Å². The lowest BCUT2D eigenvalue weighted by molar-refractivity contribution is 0.116. The van der Waals surface area contributed by atoms with Gasteiger partial charge in [0.2, 0.25) is 0 Å². The molecule has 0 amide bonds. The van der Waals surface area contributed by atoms with Crippen LogP contribution in [0.5, 0.6) is 0 Å². The van der Waals surface area contributed by atoms with E-state index in [0.717, 1.165) is 25.7 Å². The van der Waals surface area contributed by atoms with Gasteiger partial charge in [-0.25, -0.2) is 0 Å². The molecule has 0 rings (SSSR count). The summed E-state index contributed by atoms with van der Waals surface area (Å²) in [5, 5.41) is 0. The average Bonchev–Trinajstić information content (AvgIpc) is 2.74. The standard InChI is InChI=1S/C22H36O3P6/c1-3-5-7-14-18-21(23-26)22(24-30-27)19-15-11-9-8-10-13-17-20(25-31(28)29)16-12-6-4-2/h7,9,11,13-15,17,19-22,30H,3-5,16,18,26-29H2,1-2H3/b11-9+,14-7-,17-13+,19-15+. The zero-order valence-corrected chi connectivity index (χ0v) is 24.9. The minimum atomic E-state index is -0.602. The van der Waals surface area contributed by atoms with Crippen LogP contribution < -0.4 is 0 Å². The Kier molecular flexibility index (Phi) is 24.1. The molecule has 0 N–H and O–H groups in total. The fraction of sp³-hybridized carbons (Fsp3) is 0.455. The summed E-state index contributed by atoms with van der Waals surface area (Å²) < 4.78 is 17.2. The van der Waals surface area contributed by atoms with Crippen LogP contribution in [0.4, 0.5) is 0 Å². The van der Waals surface area contributed by atoms with Crippen molar-refractivity contribution in [1.82, 2.24) is 0 Å². The number of hydrogen-bond donors (Lipinski definition) is 0. The van der Waals surface area contributed by atoms with Crippen molar-refractivity contribution in [2.24, 2.45) is 0 Å². The summed E-state index contributed by atoms with van der Waals surface area (Å²) in [6.45, 7) is 4.21. The van der Waals surface area contributed by atoms with Crippen LogP contribution in [0, 0.1) is 23.7 Å². The minimum Gasteiger partial charge on any atom is -0.359 e. The van der Waals surface area contributed by atoms with Crippen molar-refractivity contribution in [3.05, 3.63) is 48.6 Å². The lowest BCUT2D eigenvalue weighted by atomic mass is 10.1. The molecule has 0 aliphatic rings. The Hall–Kier alpha value is 0.540. The van der Waals surface area contributed by atoms with Gasteiger partial charge in [-0.2, -0.15) is 0 Å². The maximum Gasteiger partial charge on any atom is 0.107 e. The third-order valence-electron chi connectivity index (χ3n) is 3.67. The second-order valence-electron chi connectivity index (χ2n) is 6.18. The van der Waals surface area contributed by atoms with Crippen molar-refractivity contribution in [3.8, 4) is 23.7 Å². The second kappa shape index (κ2) is 23.7. The molecule has 0 radical (unpaired) electrons. The van der Waals surface area contributed by atoms with E-state index < -0.39 is 7.53 Å². The molecule has 31 heavy (non-hydrogen) atoms. The number of hydrogen-bond acceptors (Lipinski definition) is 3. The molecule has 0 aromatic carbocycles. The van der Waals surface area contributed by atoms with Gasteiger partial charge in [0.15, 0.2) is 0 Å². The number of rotatable bonds is 14. The zero-order chi connectivity index (χ0) is 23.2. The normalized spacial score (nSPS) is 15.2. The molecule has 0 aliphatic carbocycles. The maximum absolute atomic E-state index is 5.84. The first kappa shape index (κ1) is 31.5. The first-order valence-electron chi connectivity index (χ1n) is 10.1. The van der Waals surface area contributed by atoms with E-state index in [0.29, 0.717) is 14.9 Å². The molecule has 0 aromatic rings. The third kappa shape index (κ3) is 19.7. The van der Waals surface area contributed by atoms with Crippen molar-refractivity contribution in [1.29, 1.82) is 0 Å². The zero-order valence-electron chi connectivity index (χ0n) is 18.4. The Morgan fingerprint density at radius 1 is 1.03 bits per heavy atom. The maximum atomic E-state index is 5.84. The average molecular weight is 534 g/mol. The van der Waals surface area contributed by atoms with Crippen molar-refractivity contribution in [2.45, 2.75) is 64.3 Å². The predicted molar refractivity (Wildman–Crippen MR) is 155 cm³/mol. The first-order valence-corrected chi connectivity index (χ1v) is 17.8. The predicted octanol–water partition coefficient (Wildman–Crippen LogP) is 7.51. The summed E-state index contributed by atoms with van der Waals surface area (Å²) in [6, 6.07) is 0. The van der Waals surface area contributed by atoms with Crippen LogP contribution in [0.25, 0.3) is 0 Å². The highest BCUT2D eigenvalue weighted by Gasteiger charge is 2.17. The van der Waals surface area contributed by atoms with E-state index in [9.17, 15) is 0 Å². The molecular weight excluding hydrogens is 498 g/mol. The Labute approximate surface area is 202 Å². The van der Waals surface area contributed by atoms with E-state index in [1.165, 1.54) is 0 Å². The molecule has 8 atom stereocenters. The highest BCUT2D eigenvalue weighted by Crippen LogP contribution is 2.54. The van der Waals surface area contributed by atoms with Crippen molar-refractivity contribution in [2.75, 3.05) is 0 Å². The van der Waals surface area contributed by atoms with Gasteiger partial charge in [0, 0.05) is 30.8 Å². The second-order valence-corrected chi connectivity index (χ2v) is 13.4. The van der Waals surface area contributed by atoms with Gasteiger partial charge in [0.1, 0.15) is 6.10 Å².